The average Bonchev–Trinajstić information content (AvgIpc) is 3.19. The Morgan fingerprint density at radius 3 is 2.48 bits per heavy atom. The first kappa shape index (κ1) is 17.7. The maximum atomic E-state index is 13.0. The predicted molar refractivity (Wildman–Crippen MR) is 105 cm³/mol. The Morgan fingerprint density at radius 1 is 1.04 bits per heavy atom. The minimum Gasteiger partial charge on any atom is -0.359 e. The van der Waals surface area contributed by atoms with Gasteiger partial charge in [-0.15, -0.1) is 16.2 Å². The third-order valence-electron chi connectivity index (χ3n) is 4.29. The number of benzene rings is 2. The number of para-hydroxylation sites is 1. The topological polar surface area (TPSA) is 78.5 Å². The zero-order valence-corrected chi connectivity index (χ0v) is 16.0. The van der Waals surface area contributed by atoms with Crippen molar-refractivity contribution in [3.63, 3.8) is 0 Å². The van der Waals surface area contributed by atoms with Crippen molar-refractivity contribution in [1.82, 2.24) is 9.84 Å². The van der Waals surface area contributed by atoms with Gasteiger partial charge in [0.1, 0.15) is 0 Å². The molecule has 1 aromatic heterocycles. The van der Waals surface area contributed by atoms with Crippen LogP contribution in [0.3, 0.4) is 0 Å². The van der Waals surface area contributed by atoms with E-state index in [1.807, 2.05) is 30.5 Å². The number of thiophene rings is 1. The van der Waals surface area contributed by atoms with Crippen molar-refractivity contribution in [3.8, 4) is 0 Å². The van der Waals surface area contributed by atoms with Gasteiger partial charge in [-0.05, 0) is 42.6 Å². The lowest BCUT2D eigenvalue weighted by Gasteiger charge is -2.36. The summed E-state index contributed by atoms with van der Waals surface area (Å²) in [7, 11) is -3.92. The molecule has 2 N–H and O–H groups in total. The Balaban J connectivity index is 1.74. The molecular formula is C19H17N3O3S2. The molecule has 0 unspecified atom stereocenters. The maximum Gasteiger partial charge on any atom is 0.273 e. The highest BCUT2D eigenvalue weighted by molar-refractivity contribution is 7.89. The second kappa shape index (κ2) is 6.80. The van der Waals surface area contributed by atoms with Crippen molar-refractivity contribution >= 4 is 33.0 Å². The number of aryl methyl sites for hydroxylation is 1. The lowest BCUT2D eigenvalue weighted by atomic mass is 10.1. The lowest BCUT2D eigenvalue weighted by molar-refractivity contribution is 0.0636. The molecule has 27 heavy (non-hydrogen) atoms. The van der Waals surface area contributed by atoms with Crippen molar-refractivity contribution in [3.05, 3.63) is 82.0 Å². The van der Waals surface area contributed by atoms with E-state index in [0.717, 1.165) is 15.4 Å². The van der Waals surface area contributed by atoms with Crippen LogP contribution in [0, 0.1) is 6.92 Å². The van der Waals surface area contributed by atoms with Crippen LogP contribution in [-0.2, 0) is 10.0 Å². The molecule has 1 aliphatic rings. The highest BCUT2D eigenvalue weighted by Gasteiger charge is 2.36. The fourth-order valence-corrected chi connectivity index (χ4v) is 4.71. The summed E-state index contributed by atoms with van der Waals surface area (Å²) in [5, 5.41) is 6.28. The van der Waals surface area contributed by atoms with E-state index in [2.05, 4.69) is 10.1 Å². The molecule has 6 nitrogen and oxygen atoms in total. The van der Waals surface area contributed by atoms with E-state index in [-0.39, 0.29) is 4.90 Å². The van der Waals surface area contributed by atoms with Crippen LogP contribution < -0.4 is 10.1 Å². The van der Waals surface area contributed by atoms with Crippen LogP contribution in [0.4, 0.5) is 5.69 Å². The van der Waals surface area contributed by atoms with Gasteiger partial charge in [0.25, 0.3) is 15.9 Å². The number of carbonyl (C=O) groups excluding carboxylic acids is 1. The molecule has 0 saturated heterocycles. The normalized spacial score (nSPS) is 16.7. The monoisotopic (exact) mass is 399 g/mol. The van der Waals surface area contributed by atoms with Gasteiger partial charge in [0.2, 0.25) is 0 Å². The molecule has 0 spiro atoms. The van der Waals surface area contributed by atoms with Gasteiger partial charge in [-0.25, -0.2) is 13.4 Å². The average molecular weight is 399 g/mol. The second-order valence-electron chi connectivity index (χ2n) is 6.19. The molecular weight excluding hydrogens is 382 g/mol. The third-order valence-corrected chi connectivity index (χ3v) is 6.54. The molecule has 1 aliphatic heterocycles. The van der Waals surface area contributed by atoms with E-state index >= 15 is 0 Å². The number of fused-ring (bicyclic) bond motifs is 1. The molecule has 0 bridgehead atoms. The molecule has 1 amide bonds. The number of hydrogen-bond acceptors (Lipinski definition) is 5. The molecule has 4 rings (SSSR count). The van der Waals surface area contributed by atoms with Crippen molar-refractivity contribution in [1.29, 1.82) is 0 Å². The maximum absolute atomic E-state index is 13.0. The Morgan fingerprint density at radius 2 is 1.78 bits per heavy atom. The summed E-state index contributed by atoms with van der Waals surface area (Å²) >= 11 is 1.44. The third kappa shape index (κ3) is 3.34. The number of anilines is 1. The summed E-state index contributed by atoms with van der Waals surface area (Å²) < 4.78 is 25.7. The minimum atomic E-state index is -3.92. The molecule has 138 valence electrons. The molecule has 2 aromatic carbocycles. The number of rotatable bonds is 4. The van der Waals surface area contributed by atoms with Crippen LogP contribution in [0.2, 0.25) is 0 Å². The first-order chi connectivity index (χ1) is 13.0. The van der Waals surface area contributed by atoms with Crippen molar-refractivity contribution in [2.45, 2.75) is 18.0 Å². The van der Waals surface area contributed by atoms with Crippen molar-refractivity contribution in [2.24, 2.45) is 0 Å². The summed E-state index contributed by atoms with van der Waals surface area (Å²) in [5.41, 5.74) is 2.04. The SMILES string of the molecule is Cc1ccc(S(=O)(=O)NN2C(=O)c3ccccc3N[C@H]2c2cccs2)cc1. The van der Waals surface area contributed by atoms with Crippen molar-refractivity contribution < 1.29 is 13.2 Å². The molecule has 0 aliphatic carbocycles. The van der Waals surface area contributed by atoms with Gasteiger partial charge in [-0.1, -0.05) is 35.9 Å². The van der Waals surface area contributed by atoms with Crippen LogP contribution >= 0.6 is 11.3 Å². The number of nitrogens with zero attached hydrogens (tertiary/aromatic N) is 1. The van der Waals surface area contributed by atoms with E-state index < -0.39 is 22.1 Å². The number of sulfonamides is 1. The van der Waals surface area contributed by atoms with Gasteiger partial charge in [-0.2, -0.15) is 0 Å². The quantitative estimate of drug-likeness (QED) is 0.704. The van der Waals surface area contributed by atoms with Gasteiger partial charge in [0.15, 0.2) is 6.17 Å². The second-order valence-corrected chi connectivity index (χ2v) is 8.83. The Kier molecular flexibility index (Phi) is 4.47. The zero-order chi connectivity index (χ0) is 19.0. The summed E-state index contributed by atoms with van der Waals surface area (Å²) in [6.45, 7) is 1.88. The van der Waals surface area contributed by atoms with E-state index in [0.29, 0.717) is 11.3 Å². The van der Waals surface area contributed by atoms with Gasteiger partial charge in [0.05, 0.1) is 10.5 Å². The molecule has 0 saturated carbocycles. The molecule has 0 fully saturated rings. The fraction of sp³-hybridized carbons (Fsp3) is 0.105. The Labute approximate surface area is 161 Å². The standard InChI is InChI=1S/C19H17N3O3S2/c1-13-8-10-14(11-9-13)27(24,25)21-22-18(17-7-4-12-26-17)20-16-6-3-2-5-15(16)19(22)23/h2-12,18,20-21H,1H3/t18-/m1/s1. The van der Waals surface area contributed by atoms with E-state index in [1.54, 1.807) is 30.3 Å². The molecule has 2 heterocycles. The highest BCUT2D eigenvalue weighted by Crippen LogP contribution is 2.34. The number of hydrazine groups is 1. The van der Waals surface area contributed by atoms with Crippen LogP contribution in [0.5, 0.6) is 0 Å². The van der Waals surface area contributed by atoms with Gasteiger partial charge in [-0.3, -0.25) is 4.79 Å². The molecule has 1 atom stereocenters. The summed E-state index contributed by atoms with van der Waals surface area (Å²) in [5.74, 6) is -0.404. The first-order valence-electron chi connectivity index (χ1n) is 8.27. The zero-order valence-electron chi connectivity index (χ0n) is 14.4. The van der Waals surface area contributed by atoms with E-state index in [4.69, 9.17) is 0 Å². The van der Waals surface area contributed by atoms with Gasteiger partial charge in [0, 0.05) is 10.6 Å². The van der Waals surface area contributed by atoms with Crippen LogP contribution in [0.25, 0.3) is 0 Å². The van der Waals surface area contributed by atoms with Crippen LogP contribution in [-0.4, -0.2) is 19.3 Å². The molecule has 3 aromatic rings. The Hall–Kier alpha value is -2.68. The number of amides is 1. The highest BCUT2D eigenvalue weighted by atomic mass is 32.2. The largest absolute Gasteiger partial charge is 0.359 e. The summed E-state index contributed by atoms with van der Waals surface area (Å²) in [4.78, 5) is 16.4. The predicted octanol–water partition coefficient (Wildman–Crippen LogP) is 3.52. The number of carbonyl (C=O) groups is 1. The van der Waals surface area contributed by atoms with Crippen molar-refractivity contribution in [2.75, 3.05) is 5.32 Å². The Bertz CT molecular complexity index is 1080. The number of hydrogen-bond donors (Lipinski definition) is 2. The van der Waals surface area contributed by atoms with Gasteiger partial charge >= 0.3 is 0 Å². The van der Waals surface area contributed by atoms with Crippen LogP contribution in [0.15, 0.2) is 70.9 Å². The van der Waals surface area contributed by atoms with E-state index in [9.17, 15) is 13.2 Å². The summed E-state index contributed by atoms with van der Waals surface area (Å²) in [6, 6.07) is 17.3. The fourth-order valence-electron chi connectivity index (χ4n) is 2.89. The molecule has 8 heteroatoms. The van der Waals surface area contributed by atoms with Gasteiger partial charge < -0.3 is 5.32 Å². The number of nitrogens with one attached hydrogen (secondary N) is 2. The first-order valence-corrected chi connectivity index (χ1v) is 10.6. The van der Waals surface area contributed by atoms with E-state index in [1.165, 1.54) is 23.5 Å². The molecule has 0 radical (unpaired) electrons. The van der Waals surface area contributed by atoms with Crippen LogP contribution in [0.1, 0.15) is 27.0 Å². The summed E-state index contributed by atoms with van der Waals surface area (Å²) in [6.07, 6.45) is -0.632. The lowest BCUT2D eigenvalue weighted by Crippen LogP contribution is -2.52. The minimum absolute atomic E-state index is 0.102. The smallest absolute Gasteiger partial charge is 0.273 e.